The molecule has 2 amide bonds. The summed E-state index contributed by atoms with van der Waals surface area (Å²) in [5.41, 5.74) is 1.61. The molecular weight excluding hydrogens is 378 g/mol. The minimum absolute atomic E-state index is 0.0191. The molecule has 2 aliphatic heterocycles. The lowest BCUT2D eigenvalue weighted by Gasteiger charge is -2.43. The van der Waals surface area contributed by atoms with Crippen LogP contribution in [-0.2, 0) is 11.3 Å². The third-order valence-corrected chi connectivity index (χ3v) is 6.14. The van der Waals surface area contributed by atoms with Gasteiger partial charge in [0.15, 0.2) is 0 Å². The maximum atomic E-state index is 13.5. The van der Waals surface area contributed by atoms with E-state index in [1.165, 1.54) is 0 Å². The van der Waals surface area contributed by atoms with Crippen LogP contribution in [0.2, 0.25) is 0 Å². The van der Waals surface area contributed by atoms with E-state index in [1.807, 2.05) is 33.7 Å². The number of carbonyl (C=O) groups excluding carboxylic acids is 2. The Morgan fingerprint density at radius 2 is 1.80 bits per heavy atom. The van der Waals surface area contributed by atoms with Crippen LogP contribution >= 0.6 is 0 Å². The predicted octanol–water partition coefficient (Wildman–Crippen LogP) is 2.64. The van der Waals surface area contributed by atoms with E-state index in [9.17, 15) is 14.4 Å². The molecule has 30 heavy (non-hydrogen) atoms. The van der Waals surface area contributed by atoms with E-state index in [4.69, 9.17) is 0 Å². The fraction of sp³-hybridized carbons (Fsp3) is 0.458. The van der Waals surface area contributed by atoms with Gasteiger partial charge in [0.25, 0.3) is 11.5 Å². The van der Waals surface area contributed by atoms with Crippen molar-refractivity contribution in [3.63, 3.8) is 0 Å². The molecule has 2 aromatic rings. The molecule has 0 saturated carbocycles. The average Bonchev–Trinajstić information content (AvgIpc) is 2.73. The Morgan fingerprint density at radius 1 is 1.03 bits per heavy atom. The Balaban J connectivity index is 1.52. The van der Waals surface area contributed by atoms with E-state index < -0.39 is 6.04 Å². The van der Waals surface area contributed by atoms with Crippen molar-refractivity contribution in [2.75, 3.05) is 13.1 Å². The monoisotopic (exact) mass is 407 g/mol. The molecule has 6 nitrogen and oxygen atoms in total. The molecule has 3 heterocycles. The number of fused-ring (bicyclic) bond motifs is 4. The van der Waals surface area contributed by atoms with Crippen molar-refractivity contribution >= 4 is 11.8 Å². The van der Waals surface area contributed by atoms with Crippen LogP contribution in [-0.4, -0.2) is 40.4 Å². The Kier molecular flexibility index (Phi) is 5.75. The fourth-order valence-corrected chi connectivity index (χ4v) is 4.82. The highest BCUT2D eigenvalue weighted by Gasteiger charge is 2.38. The number of likely N-dealkylation sites (tertiary alicyclic amines) is 1. The first-order valence-corrected chi connectivity index (χ1v) is 10.8. The topological polar surface area (TPSA) is 71.4 Å². The average molecular weight is 408 g/mol. The number of hydrogen-bond donors (Lipinski definition) is 1. The van der Waals surface area contributed by atoms with E-state index in [0.29, 0.717) is 31.6 Å². The molecule has 2 aliphatic rings. The lowest BCUT2D eigenvalue weighted by atomic mass is 9.82. The molecule has 1 fully saturated rings. The number of amides is 2. The number of piperidine rings is 1. The molecule has 158 valence electrons. The molecule has 3 atom stereocenters. The quantitative estimate of drug-likeness (QED) is 0.828. The molecule has 0 radical (unpaired) electrons. The highest BCUT2D eigenvalue weighted by Crippen LogP contribution is 2.35. The van der Waals surface area contributed by atoms with E-state index in [0.717, 1.165) is 12.1 Å². The summed E-state index contributed by atoms with van der Waals surface area (Å²) in [7, 11) is 0. The van der Waals surface area contributed by atoms with Gasteiger partial charge in [0.05, 0.1) is 0 Å². The van der Waals surface area contributed by atoms with Crippen LogP contribution in [0.3, 0.4) is 0 Å². The van der Waals surface area contributed by atoms with Crippen molar-refractivity contribution in [3.8, 4) is 0 Å². The van der Waals surface area contributed by atoms with Crippen LogP contribution in [0, 0.1) is 11.8 Å². The molecule has 6 heteroatoms. The van der Waals surface area contributed by atoms with E-state index >= 15 is 0 Å². The van der Waals surface area contributed by atoms with Gasteiger partial charge < -0.3 is 14.8 Å². The first-order valence-electron chi connectivity index (χ1n) is 10.8. The van der Waals surface area contributed by atoms with Crippen molar-refractivity contribution in [2.24, 2.45) is 11.8 Å². The van der Waals surface area contributed by atoms with Crippen LogP contribution in [0.5, 0.6) is 0 Å². The van der Waals surface area contributed by atoms with Gasteiger partial charge in [-0.3, -0.25) is 14.4 Å². The van der Waals surface area contributed by atoms with Crippen LogP contribution in [0.15, 0.2) is 53.3 Å². The second kappa shape index (κ2) is 8.46. The first kappa shape index (κ1) is 20.4. The summed E-state index contributed by atoms with van der Waals surface area (Å²) >= 11 is 0. The highest BCUT2D eigenvalue weighted by atomic mass is 16.2. The summed E-state index contributed by atoms with van der Waals surface area (Å²) in [4.78, 5) is 40.3. The summed E-state index contributed by atoms with van der Waals surface area (Å²) in [6, 6.07) is 13.9. The smallest absolute Gasteiger partial charge is 0.251 e. The first-order chi connectivity index (χ1) is 14.4. The summed E-state index contributed by atoms with van der Waals surface area (Å²) < 4.78 is 1.86. The van der Waals surface area contributed by atoms with Gasteiger partial charge >= 0.3 is 0 Å². The molecule has 1 N–H and O–H groups in total. The molecule has 1 aromatic heterocycles. The number of benzene rings is 1. The number of carbonyl (C=O) groups is 2. The number of pyridine rings is 1. The Morgan fingerprint density at radius 3 is 2.53 bits per heavy atom. The predicted molar refractivity (Wildman–Crippen MR) is 115 cm³/mol. The van der Waals surface area contributed by atoms with E-state index in [-0.39, 0.29) is 35.1 Å². The molecule has 1 aromatic carbocycles. The summed E-state index contributed by atoms with van der Waals surface area (Å²) in [6.45, 7) is 5.99. The van der Waals surface area contributed by atoms with Crippen LogP contribution in [0.1, 0.15) is 48.7 Å². The number of hydrogen-bond acceptors (Lipinski definition) is 3. The molecule has 4 rings (SSSR count). The highest BCUT2D eigenvalue weighted by molar-refractivity contribution is 5.97. The third kappa shape index (κ3) is 4.18. The van der Waals surface area contributed by atoms with E-state index in [2.05, 4.69) is 19.2 Å². The van der Waals surface area contributed by atoms with Crippen LogP contribution < -0.4 is 10.9 Å². The van der Waals surface area contributed by atoms with Gasteiger partial charge in [-0.25, -0.2) is 0 Å². The van der Waals surface area contributed by atoms with Gasteiger partial charge in [0, 0.05) is 42.9 Å². The van der Waals surface area contributed by atoms with Crippen molar-refractivity contribution in [1.82, 2.24) is 14.8 Å². The minimum atomic E-state index is -0.547. The lowest BCUT2D eigenvalue weighted by Crippen LogP contribution is -2.55. The summed E-state index contributed by atoms with van der Waals surface area (Å²) in [6.07, 6.45) is 1.59. The second-order valence-corrected chi connectivity index (χ2v) is 8.96. The maximum absolute atomic E-state index is 13.5. The van der Waals surface area contributed by atoms with Gasteiger partial charge in [0.2, 0.25) is 5.91 Å². The van der Waals surface area contributed by atoms with Crippen molar-refractivity contribution in [2.45, 2.75) is 45.2 Å². The third-order valence-electron chi connectivity index (χ3n) is 6.14. The zero-order valence-electron chi connectivity index (χ0n) is 17.6. The van der Waals surface area contributed by atoms with Crippen molar-refractivity contribution in [1.29, 1.82) is 0 Å². The minimum Gasteiger partial charge on any atom is -0.340 e. The fourth-order valence-electron chi connectivity index (χ4n) is 4.82. The number of rotatable bonds is 5. The molecule has 1 saturated heterocycles. The van der Waals surface area contributed by atoms with Gasteiger partial charge in [-0.05, 0) is 42.9 Å². The largest absolute Gasteiger partial charge is 0.340 e. The number of nitrogens with zero attached hydrogens (tertiary/aromatic N) is 2. The van der Waals surface area contributed by atoms with Gasteiger partial charge in [0.1, 0.15) is 6.04 Å². The standard InChI is InChI=1S/C24H29N3O3/c1-16(2)11-20(25-23(29)18-7-4-3-5-8-18)24(30)26-13-17-12-19(15-26)21-9-6-10-22(28)27(21)14-17/h3-10,16-17,19-20H,11-15H2,1-2H3,(H,25,29)/t17-,19+,20-/m0/s1. The van der Waals surface area contributed by atoms with Gasteiger partial charge in [-0.1, -0.05) is 38.1 Å². The second-order valence-electron chi connectivity index (χ2n) is 8.96. The van der Waals surface area contributed by atoms with E-state index in [1.54, 1.807) is 24.3 Å². The number of nitrogens with one attached hydrogen (secondary N) is 1. The van der Waals surface area contributed by atoms with Crippen LogP contribution in [0.4, 0.5) is 0 Å². The molecule has 0 aliphatic carbocycles. The Bertz CT molecular complexity index is 983. The summed E-state index contributed by atoms with van der Waals surface area (Å²) in [5.74, 6) is 0.474. The zero-order chi connectivity index (χ0) is 21.3. The molecular formula is C24H29N3O3. The maximum Gasteiger partial charge on any atom is 0.251 e. The molecule has 0 spiro atoms. The SMILES string of the molecule is CC(C)C[C@H](NC(=O)c1ccccc1)C(=O)N1C[C@@H]2C[C@H](C1)c1cccc(=O)n1C2. The number of aromatic nitrogens is 1. The van der Waals surface area contributed by atoms with Gasteiger partial charge in [-0.15, -0.1) is 0 Å². The lowest BCUT2D eigenvalue weighted by molar-refractivity contribution is -0.136. The van der Waals surface area contributed by atoms with Crippen molar-refractivity contribution in [3.05, 3.63) is 70.1 Å². The normalized spacial score (nSPS) is 21.1. The summed E-state index contributed by atoms with van der Waals surface area (Å²) in [5, 5.41) is 2.97. The molecule has 2 bridgehead atoms. The Hall–Kier alpha value is -2.89. The van der Waals surface area contributed by atoms with Gasteiger partial charge in [-0.2, -0.15) is 0 Å². The van der Waals surface area contributed by atoms with Crippen molar-refractivity contribution < 1.29 is 9.59 Å². The Labute approximate surface area is 176 Å². The molecule has 0 unspecified atom stereocenters. The zero-order valence-corrected chi connectivity index (χ0v) is 17.6. The van der Waals surface area contributed by atoms with Crippen LogP contribution in [0.25, 0.3) is 0 Å².